The van der Waals surface area contributed by atoms with Crippen LogP contribution in [0.2, 0.25) is 0 Å². The largest absolute Gasteiger partial charge is 0.396 e. The highest BCUT2D eigenvalue weighted by Crippen LogP contribution is 2.21. The van der Waals surface area contributed by atoms with Crippen LogP contribution in [0.4, 0.5) is 10.2 Å². The molecule has 23 heavy (non-hydrogen) atoms. The number of aromatic nitrogens is 1. The molecule has 1 atom stereocenters. The SMILES string of the molecule is CC(C(=O)Nc1cc(CSCCO)ccn1)c1ccccc1F. The number of pyridine rings is 1. The van der Waals surface area contributed by atoms with Gasteiger partial charge >= 0.3 is 0 Å². The minimum absolute atomic E-state index is 0.138. The Morgan fingerprint density at radius 3 is 2.91 bits per heavy atom. The van der Waals surface area contributed by atoms with E-state index in [0.29, 0.717) is 17.1 Å². The summed E-state index contributed by atoms with van der Waals surface area (Å²) in [5, 5.41) is 11.5. The summed E-state index contributed by atoms with van der Waals surface area (Å²) in [6, 6.07) is 9.90. The zero-order valence-corrected chi connectivity index (χ0v) is 13.6. The Bertz CT molecular complexity index is 667. The maximum Gasteiger partial charge on any atom is 0.232 e. The number of anilines is 1. The predicted octanol–water partition coefficient (Wildman–Crippen LogP) is 3.19. The summed E-state index contributed by atoms with van der Waals surface area (Å²) >= 11 is 1.60. The molecule has 1 aromatic heterocycles. The van der Waals surface area contributed by atoms with E-state index in [1.807, 2.05) is 6.07 Å². The molecule has 4 nitrogen and oxygen atoms in total. The minimum Gasteiger partial charge on any atom is -0.396 e. The van der Waals surface area contributed by atoms with Gasteiger partial charge in [0.15, 0.2) is 0 Å². The fraction of sp³-hybridized carbons (Fsp3) is 0.294. The van der Waals surface area contributed by atoms with Crippen molar-refractivity contribution in [3.63, 3.8) is 0 Å². The lowest BCUT2D eigenvalue weighted by atomic mass is 10.00. The number of nitrogens with zero attached hydrogens (tertiary/aromatic N) is 1. The van der Waals surface area contributed by atoms with Gasteiger partial charge < -0.3 is 10.4 Å². The molecule has 0 aliphatic heterocycles. The van der Waals surface area contributed by atoms with Gasteiger partial charge in [0, 0.05) is 17.7 Å². The predicted molar refractivity (Wildman–Crippen MR) is 90.9 cm³/mol. The topological polar surface area (TPSA) is 62.2 Å². The van der Waals surface area contributed by atoms with Gasteiger partial charge in [0.2, 0.25) is 5.91 Å². The van der Waals surface area contributed by atoms with E-state index >= 15 is 0 Å². The number of aliphatic hydroxyl groups is 1. The van der Waals surface area contributed by atoms with Crippen LogP contribution in [0.25, 0.3) is 0 Å². The van der Waals surface area contributed by atoms with E-state index in [4.69, 9.17) is 5.11 Å². The Morgan fingerprint density at radius 1 is 1.39 bits per heavy atom. The van der Waals surface area contributed by atoms with Crippen LogP contribution in [0.5, 0.6) is 0 Å². The zero-order chi connectivity index (χ0) is 16.7. The van der Waals surface area contributed by atoms with Crippen molar-refractivity contribution in [1.29, 1.82) is 0 Å². The second-order valence-corrected chi connectivity index (χ2v) is 6.16. The van der Waals surface area contributed by atoms with Crippen molar-refractivity contribution < 1.29 is 14.3 Å². The molecule has 1 unspecified atom stereocenters. The van der Waals surface area contributed by atoms with E-state index in [9.17, 15) is 9.18 Å². The minimum atomic E-state index is -0.606. The number of amides is 1. The average molecular weight is 334 g/mol. The first-order chi connectivity index (χ1) is 11.1. The number of carbonyl (C=O) groups is 1. The first-order valence-electron chi connectivity index (χ1n) is 7.30. The van der Waals surface area contributed by atoms with Crippen LogP contribution in [-0.2, 0) is 10.5 Å². The van der Waals surface area contributed by atoms with Crippen molar-refractivity contribution in [3.8, 4) is 0 Å². The van der Waals surface area contributed by atoms with Gasteiger partial charge in [-0.2, -0.15) is 11.8 Å². The first kappa shape index (κ1) is 17.4. The Hall–Kier alpha value is -1.92. The maximum absolute atomic E-state index is 13.8. The quantitative estimate of drug-likeness (QED) is 0.764. The second kappa shape index (κ2) is 8.64. The van der Waals surface area contributed by atoms with Gasteiger partial charge in [0.05, 0.1) is 12.5 Å². The standard InChI is InChI=1S/C17H19FN2O2S/c1-12(14-4-2-3-5-15(14)18)17(22)20-16-10-13(6-7-19-16)11-23-9-8-21/h2-7,10,12,21H,8-9,11H2,1H3,(H,19,20,22). The molecule has 0 saturated heterocycles. The highest BCUT2D eigenvalue weighted by molar-refractivity contribution is 7.98. The van der Waals surface area contributed by atoms with Gasteiger partial charge in [0.1, 0.15) is 11.6 Å². The number of aliphatic hydroxyl groups excluding tert-OH is 1. The molecule has 0 radical (unpaired) electrons. The molecular weight excluding hydrogens is 315 g/mol. The molecule has 2 aromatic rings. The van der Waals surface area contributed by atoms with Crippen molar-refractivity contribution in [3.05, 3.63) is 59.5 Å². The second-order valence-electron chi connectivity index (χ2n) is 5.06. The van der Waals surface area contributed by atoms with Gasteiger partial charge in [-0.25, -0.2) is 9.37 Å². The molecule has 0 fully saturated rings. The number of thioether (sulfide) groups is 1. The number of rotatable bonds is 7. The Kier molecular flexibility index (Phi) is 6.55. The summed E-state index contributed by atoms with van der Waals surface area (Å²) < 4.78 is 13.8. The maximum atomic E-state index is 13.8. The molecule has 6 heteroatoms. The van der Waals surface area contributed by atoms with Gasteiger partial charge in [0.25, 0.3) is 0 Å². The number of nitrogens with one attached hydrogen (secondary N) is 1. The lowest BCUT2D eigenvalue weighted by molar-refractivity contribution is -0.117. The number of carbonyl (C=O) groups excluding carboxylic acids is 1. The van der Waals surface area contributed by atoms with Crippen LogP contribution in [0.3, 0.4) is 0 Å². The van der Waals surface area contributed by atoms with Crippen LogP contribution in [0, 0.1) is 5.82 Å². The van der Waals surface area contributed by atoms with Gasteiger partial charge in [-0.1, -0.05) is 18.2 Å². The molecule has 0 spiro atoms. The van der Waals surface area contributed by atoms with Crippen molar-refractivity contribution in [2.45, 2.75) is 18.6 Å². The van der Waals surface area contributed by atoms with Crippen LogP contribution in [0.15, 0.2) is 42.6 Å². The van der Waals surface area contributed by atoms with E-state index < -0.39 is 11.7 Å². The van der Waals surface area contributed by atoms with Gasteiger partial charge in [-0.3, -0.25) is 4.79 Å². The van der Waals surface area contributed by atoms with E-state index in [1.165, 1.54) is 6.07 Å². The first-order valence-corrected chi connectivity index (χ1v) is 8.46. The summed E-state index contributed by atoms with van der Waals surface area (Å²) in [6.45, 7) is 1.80. The Labute approximate surface area is 139 Å². The fourth-order valence-corrected chi connectivity index (χ4v) is 2.78. The number of benzene rings is 1. The Morgan fingerprint density at radius 2 is 2.17 bits per heavy atom. The van der Waals surface area contributed by atoms with Crippen molar-refractivity contribution in [2.24, 2.45) is 0 Å². The number of halogens is 1. The van der Waals surface area contributed by atoms with E-state index in [-0.39, 0.29) is 12.5 Å². The zero-order valence-electron chi connectivity index (χ0n) is 12.8. The third kappa shape index (κ3) is 5.04. The number of hydrogen-bond acceptors (Lipinski definition) is 4. The molecular formula is C17H19FN2O2S. The molecule has 0 saturated carbocycles. The average Bonchev–Trinajstić information content (AvgIpc) is 2.55. The summed E-state index contributed by atoms with van der Waals surface area (Å²) in [4.78, 5) is 16.4. The van der Waals surface area contributed by atoms with E-state index in [1.54, 1.807) is 49.1 Å². The van der Waals surface area contributed by atoms with E-state index in [0.717, 1.165) is 11.3 Å². The van der Waals surface area contributed by atoms with Crippen molar-refractivity contribution >= 4 is 23.5 Å². The highest BCUT2D eigenvalue weighted by atomic mass is 32.2. The van der Waals surface area contributed by atoms with Gasteiger partial charge in [-0.05, 0) is 36.2 Å². The lowest BCUT2D eigenvalue weighted by Crippen LogP contribution is -2.20. The van der Waals surface area contributed by atoms with Crippen LogP contribution < -0.4 is 5.32 Å². The third-order valence-electron chi connectivity index (χ3n) is 3.34. The fourth-order valence-electron chi connectivity index (χ4n) is 2.09. The molecule has 0 aliphatic carbocycles. The van der Waals surface area contributed by atoms with Crippen molar-refractivity contribution in [1.82, 2.24) is 4.98 Å². The van der Waals surface area contributed by atoms with Gasteiger partial charge in [-0.15, -0.1) is 0 Å². The molecule has 2 N–H and O–H groups in total. The summed E-state index contributed by atoms with van der Waals surface area (Å²) in [5.41, 5.74) is 1.37. The lowest BCUT2D eigenvalue weighted by Gasteiger charge is -2.13. The monoisotopic (exact) mass is 334 g/mol. The van der Waals surface area contributed by atoms with Crippen LogP contribution in [0.1, 0.15) is 24.0 Å². The smallest absolute Gasteiger partial charge is 0.232 e. The highest BCUT2D eigenvalue weighted by Gasteiger charge is 2.18. The van der Waals surface area contributed by atoms with Crippen molar-refractivity contribution in [2.75, 3.05) is 17.7 Å². The Balaban J connectivity index is 2.02. The molecule has 0 aliphatic rings. The third-order valence-corrected chi connectivity index (χ3v) is 4.35. The molecule has 1 heterocycles. The van der Waals surface area contributed by atoms with Crippen LogP contribution in [-0.4, -0.2) is 28.4 Å². The number of hydrogen-bond donors (Lipinski definition) is 2. The molecule has 0 bridgehead atoms. The summed E-state index contributed by atoms with van der Waals surface area (Å²) in [5.74, 6) is 0.536. The van der Waals surface area contributed by atoms with Crippen LogP contribution >= 0.6 is 11.8 Å². The summed E-state index contributed by atoms with van der Waals surface area (Å²) in [6.07, 6.45) is 1.62. The molecule has 122 valence electrons. The molecule has 1 amide bonds. The van der Waals surface area contributed by atoms with E-state index in [2.05, 4.69) is 10.3 Å². The summed E-state index contributed by atoms with van der Waals surface area (Å²) in [7, 11) is 0. The molecule has 1 aromatic carbocycles. The molecule has 2 rings (SSSR count). The normalized spacial score (nSPS) is 12.0.